The van der Waals surface area contributed by atoms with Crippen molar-refractivity contribution >= 4 is 76.6 Å². The molecule has 5 heterocycles. The van der Waals surface area contributed by atoms with Crippen molar-refractivity contribution in [2.24, 2.45) is 0 Å². The Bertz CT molecular complexity index is 4060. The van der Waals surface area contributed by atoms with E-state index in [4.69, 9.17) is 16.3 Å². The molecule has 0 fully saturated rings. The summed E-state index contributed by atoms with van der Waals surface area (Å²) in [5.41, 5.74) is 12.8. The number of rotatable bonds is 6. The maximum atomic E-state index is 8.16. The first-order chi connectivity index (χ1) is 32.3. The molecule has 67 heavy (non-hydrogen) atoms. The van der Waals surface area contributed by atoms with Crippen molar-refractivity contribution in [3.63, 3.8) is 0 Å². The fourth-order valence-corrected chi connectivity index (χ4v) is 9.91. The van der Waals surface area contributed by atoms with E-state index in [2.05, 4.69) is 191 Å². The number of hydrogen-bond donors (Lipinski definition) is 0. The quantitative estimate of drug-likeness (QED) is 0.123. The molecule has 0 radical (unpaired) electrons. The minimum absolute atomic E-state index is 0. The van der Waals surface area contributed by atoms with Gasteiger partial charge in [-0.3, -0.25) is 9.41 Å². The number of fused-ring (bicyclic) bond motifs is 10. The zero-order valence-electron chi connectivity index (χ0n) is 36.7. The minimum atomic E-state index is -0.0733. The Balaban J connectivity index is 0.00000468. The molecule has 0 aliphatic heterocycles. The molecule has 0 aliphatic carbocycles. The van der Waals surface area contributed by atoms with Gasteiger partial charge in [0.25, 0.3) is 6.33 Å². The van der Waals surface area contributed by atoms with Crippen LogP contribution in [-0.2, 0) is 26.5 Å². The Morgan fingerprint density at radius 1 is 0.597 bits per heavy atom. The molecule has 0 bridgehead atoms. The summed E-state index contributed by atoms with van der Waals surface area (Å²) in [4.78, 5) is 8.80. The SMILES string of the molecule is [C-]#[N+]c1cc(Oc2[c-]c3c(cc2)c2cc(-c4ccccc4)ccc2n3-c2cc(C(C)(C)C)ccn2)[c-]c(-n2[c-][n+](-c3cc4c5ccccc5n5c6ccccc6c(c3)c45)c3ccccc32)c1.[Pt]. The number of nitrogens with zero attached hydrogens (tertiary/aromatic N) is 6. The summed E-state index contributed by atoms with van der Waals surface area (Å²) in [5.74, 6) is 1.69. The summed E-state index contributed by atoms with van der Waals surface area (Å²) in [6.07, 6.45) is 5.56. The first-order valence-corrected chi connectivity index (χ1v) is 22.1. The van der Waals surface area contributed by atoms with Crippen LogP contribution >= 0.6 is 0 Å². The summed E-state index contributed by atoms with van der Waals surface area (Å²) in [7, 11) is 0. The number of hydrogen-bond acceptors (Lipinski definition) is 2. The molecule has 0 saturated heterocycles. The van der Waals surface area contributed by atoms with Crippen LogP contribution in [0.4, 0.5) is 5.69 Å². The predicted octanol–water partition coefficient (Wildman–Crippen LogP) is 14.3. The molecule has 0 N–H and O–H groups in total. The zero-order chi connectivity index (χ0) is 44.3. The summed E-state index contributed by atoms with van der Waals surface area (Å²) >= 11 is 0. The van der Waals surface area contributed by atoms with Crippen molar-refractivity contribution in [2.75, 3.05) is 0 Å². The van der Waals surface area contributed by atoms with Crippen LogP contribution in [0, 0.1) is 25.0 Å². The number of aromatic nitrogens is 5. The molecule has 5 aromatic heterocycles. The molecule has 0 saturated carbocycles. The molecule has 13 aromatic rings. The minimum Gasteiger partial charge on any atom is -0.511 e. The third kappa shape index (κ3) is 6.36. The van der Waals surface area contributed by atoms with Gasteiger partial charge in [-0.25, -0.2) is 4.98 Å². The molecular weight excluding hydrogens is 1000 g/mol. The number of para-hydroxylation sites is 4. The number of pyridine rings is 1. The molecule has 0 spiro atoms. The van der Waals surface area contributed by atoms with E-state index in [0.29, 0.717) is 22.9 Å². The second-order valence-electron chi connectivity index (χ2n) is 18.0. The number of imidazole rings is 1. The van der Waals surface area contributed by atoms with Crippen molar-refractivity contribution in [1.82, 2.24) is 18.5 Å². The smallest absolute Gasteiger partial charge is 0.268 e. The summed E-state index contributed by atoms with van der Waals surface area (Å²) < 4.78 is 15.3. The topological polar surface area (TPSA) is 44.6 Å². The van der Waals surface area contributed by atoms with Crippen molar-refractivity contribution < 1.29 is 30.4 Å². The molecule has 322 valence electrons. The van der Waals surface area contributed by atoms with E-state index >= 15 is 0 Å². The largest absolute Gasteiger partial charge is 0.511 e. The maximum absolute atomic E-state index is 8.16. The third-order valence-electron chi connectivity index (χ3n) is 13.0. The summed E-state index contributed by atoms with van der Waals surface area (Å²) in [5, 5.41) is 6.90. The van der Waals surface area contributed by atoms with Gasteiger partial charge in [0.1, 0.15) is 5.82 Å². The van der Waals surface area contributed by atoms with Crippen molar-refractivity contribution in [3.8, 4) is 39.8 Å². The molecule has 0 aliphatic rings. The molecule has 0 atom stereocenters. The molecule has 0 unspecified atom stereocenters. The number of ether oxygens (including phenoxy) is 1. The average molecular weight is 1040 g/mol. The van der Waals surface area contributed by atoms with Gasteiger partial charge in [0, 0.05) is 60.1 Å². The Morgan fingerprint density at radius 3 is 2.03 bits per heavy atom. The maximum Gasteiger partial charge on any atom is 0.268 e. The van der Waals surface area contributed by atoms with Crippen LogP contribution in [0.2, 0.25) is 0 Å². The van der Waals surface area contributed by atoms with E-state index in [0.717, 1.165) is 55.5 Å². The second-order valence-corrected chi connectivity index (χ2v) is 18.0. The standard InChI is InChI=1S/C59H38N6O.Pt/c1-59(2,3)39-26-27-61-57(29-39)64-53-25-22-38(37-14-6-5-7-15-37)28-48(53)47-24-23-43(35-56(47)64)66-44-31-40(60-4)30-41(32-44)62-36-63(55-21-13-12-20-54(55)62)42-33-49-45-16-8-10-18-51(45)65-52-19-11-9-17-46(52)50(34-42)58(49)65;/h5-31,33-34H,1-3H3;/q-2;. The van der Waals surface area contributed by atoms with Gasteiger partial charge in [-0.1, -0.05) is 135 Å². The van der Waals surface area contributed by atoms with Crippen LogP contribution in [0.5, 0.6) is 11.5 Å². The third-order valence-corrected chi connectivity index (χ3v) is 13.0. The van der Waals surface area contributed by atoms with Gasteiger partial charge in [-0.2, -0.15) is 12.1 Å². The van der Waals surface area contributed by atoms with Gasteiger partial charge in [-0.05, 0) is 75.7 Å². The molecule has 7 nitrogen and oxygen atoms in total. The molecular formula is C59H38N6OPt-2. The van der Waals surface area contributed by atoms with Gasteiger partial charge < -0.3 is 18.3 Å². The van der Waals surface area contributed by atoms with Crippen LogP contribution < -0.4 is 9.30 Å². The van der Waals surface area contributed by atoms with Crippen molar-refractivity contribution in [3.05, 3.63) is 211 Å². The predicted molar refractivity (Wildman–Crippen MR) is 265 cm³/mol. The van der Waals surface area contributed by atoms with Gasteiger partial charge >= 0.3 is 0 Å². The van der Waals surface area contributed by atoms with E-state index in [1.165, 1.54) is 43.7 Å². The van der Waals surface area contributed by atoms with E-state index < -0.39 is 0 Å². The van der Waals surface area contributed by atoms with E-state index in [-0.39, 0.29) is 26.5 Å². The van der Waals surface area contributed by atoms with Gasteiger partial charge in [0.15, 0.2) is 0 Å². The van der Waals surface area contributed by atoms with Gasteiger partial charge in [0.2, 0.25) is 0 Å². The normalized spacial score (nSPS) is 12.0. The first-order valence-electron chi connectivity index (χ1n) is 22.1. The van der Waals surface area contributed by atoms with Crippen LogP contribution in [0.15, 0.2) is 176 Å². The Morgan fingerprint density at radius 2 is 1.30 bits per heavy atom. The van der Waals surface area contributed by atoms with E-state index in [1.54, 1.807) is 6.07 Å². The van der Waals surface area contributed by atoms with Crippen LogP contribution in [0.1, 0.15) is 26.3 Å². The van der Waals surface area contributed by atoms with Gasteiger partial charge in [0.05, 0.1) is 45.5 Å². The van der Waals surface area contributed by atoms with E-state index in [9.17, 15) is 0 Å². The van der Waals surface area contributed by atoms with Crippen molar-refractivity contribution in [2.45, 2.75) is 26.2 Å². The second kappa shape index (κ2) is 15.3. The Kier molecular flexibility index (Phi) is 9.22. The average Bonchev–Trinajstić information content (AvgIpc) is 4.09. The summed E-state index contributed by atoms with van der Waals surface area (Å²) in [6.45, 7) is 14.8. The fraction of sp³-hybridized carbons (Fsp3) is 0.0678. The molecule has 0 amide bonds. The van der Waals surface area contributed by atoms with E-state index in [1.807, 2.05) is 41.1 Å². The number of benzene rings is 8. The summed E-state index contributed by atoms with van der Waals surface area (Å²) in [6, 6.07) is 66.1. The van der Waals surface area contributed by atoms with Crippen LogP contribution in [0.3, 0.4) is 0 Å². The molecule has 13 rings (SSSR count). The van der Waals surface area contributed by atoms with Crippen molar-refractivity contribution in [1.29, 1.82) is 0 Å². The first kappa shape index (κ1) is 40.5. The van der Waals surface area contributed by atoms with Crippen LogP contribution in [-0.4, -0.2) is 18.5 Å². The van der Waals surface area contributed by atoms with Gasteiger partial charge in [-0.15, -0.1) is 29.7 Å². The molecule has 8 aromatic carbocycles. The monoisotopic (exact) mass is 1040 g/mol. The Hall–Kier alpha value is -8.04. The fourth-order valence-electron chi connectivity index (χ4n) is 9.91. The molecule has 8 heteroatoms. The van der Waals surface area contributed by atoms with Crippen LogP contribution in [0.25, 0.3) is 104 Å². The zero-order valence-corrected chi connectivity index (χ0v) is 38.9. The Labute approximate surface area is 400 Å².